The van der Waals surface area contributed by atoms with Crippen molar-refractivity contribution in [1.29, 1.82) is 0 Å². The van der Waals surface area contributed by atoms with Crippen molar-refractivity contribution in [2.75, 3.05) is 19.6 Å². The minimum absolute atomic E-state index is 0.103. The zero-order valence-electron chi connectivity index (χ0n) is 13.3. The van der Waals surface area contributed by atoms with Crippen molar-refractivity contribution in [1.82, 2.24) is 10.2 Å². The predicted octanol–water partition coefficient (Wildman–Crippen LogP) is 3.10. The van der Waals surface area contributed by atoms with Crippen LogP contribution < -0.4 is 10.1 Å². The summed E-state index contributed by atoms with van der Waals surface area (Å²) in [4.78, 5) is 13.2. The number of likely N-dealkylation sites (tertiary alicyclic amines) is 1. The second-order valence-electron chi connectivity index (χ2n) is 5.77. The van der Waals surface area contributed by atoms with Crippen molar-refractivity contribution in [3.05, 3.63) is 29.3 Å². The summed E-state index contributed by atoms with van der Waals surface area (Å²) >= 11 is 6.14. The SMILES string of the molecule is CC[C@H](CNC1CCN(C(C)=O)CC1)Oc1ccccc1Cl. The van der Waals surface area contributed by atoms with E-state index in [1.165, 1.54) is 0 Å². The highest BCUT2D eigenvalue weighted by Gasteiger charge is 2.21. The molecule has 22 heavy (non-hydrogen) atoms. The van der Waals surface area contributed by atoms with Crippen LogP contribution in [0.2, 0.25) is 5.02 Å². The molecule has 5 heteroatoms. The Morgan fingerprint density at radius 3 is 2.68 bits per heavy atom. The van der Waals surface area contributed by atoms with E-state index in [1.54, 1.807) is 6.92 Å². The monoisotopic (exact) mass is 324 g/mol. The fraction of sp³-hybridized carbons (Fsp3) is 0.588. The number of nitrogens with zero attached hydrogens (tertiary/aromatic N) is 1. The van der Waals surface area contributed by atoms with Gasteiger partial charge < -0.3 is 15.0 Å². The maximum Gasteiger partial charge on any atom is 0.219 e. The molecule has 0 spiro atoms. The number of rotatable bonds is 6. The fourth-order valence-electron chi connectivity index (χ4n) is 2.69. The van der Waals surface area contributed by atoms with E-state index in [2.05, 4.69) is 12.2 Å². The molecule has 0 aromatic heterocycles. The molecule has 0 bridgehead atoms. The Balaban J connectivity index is 1.77. The second-order valence-corrected chi connectivity index (χ2v) is 6.17. The van der Waals surface area contributed by atoms with Gasteiger partial charge in [-0.2, -0.15) is 0 Å². The normalized spacial score (nSPS) is 17.3. The average Bonchev–Trinajstić information content (AvgIpc) is 2.53. The van der Waals surface area contributed by atoms with E-state index in [9.17, 15) is 4.79 Å². The van der Waals surface area contributed by atoms with Gasteiger partial charge >= 0.3 is 0 Å². The molecule has 0 unspecified atom stereocenters. The molecule has 1 atom stereocenters. The van der Waals surface area contributed by atoms with Gasteiger partial charge in [0.05, 0.1) is 5.02 Å². The van der Waals surface area contributed by atoms with Crippen LogP contribution in [-0.4, -0.2) is 42.6 Å². The number of nitrogens with one attached hydrogen (secondary N) is 1. The van der Waals surface area contributed by atoms with E-state index < -0.39 is 0 Å². The molecule has 1 aromatic rings. The van der Waals surface area contributed by atoms with Crippen LogP contribution in [0, 0.1) is 0 Å². The zero-order valence-corrected chi connectivity index (χ0v) is 14.1. The number of piperidine rings is 1. The molecule has 1 aromatic carbocycles. The first-order valence-electron chi connectivity index (χ1n) is 8.00. The molecule has 0 aliphatic carbocycles. The Bertz CT molecular complexity index is 487. The number of carbonyl (C=O) groups is 1. The summed E-state index contributed by atoms with van der Waals surface area (Å²) in [7, 11) is 0. The number of hydrogen-bond donors (Lipinski definition) is 1. The van der Waals surface area contributed by atoms with Crippen molar-refractivity contribution in [3.8, 4) is 5.75 Å². The van der Waals surface area contributed by atoms with Crippen molar-refractivity contribution in [3.63, 3.8) is 0 Å². The standard InChI is InChI=1S/C17H25ClN2O2/c1-3-15(22-17-7-5-4-6-16(17)18)12-19-14-8-10-20(11-9-14)13(2)21/h4-7,14-15,19H,3,8-12H2,1-2H3/t15-/m1/s1. The van der Waals surface area contributed by atoms with E-state index in [0.717, 1.165) is 44.6 Å². The Kier molecular flexibility index (Phi) is 6.52. The van der Waals surface area contributed by atoms with Crippen LogP contribution in [0.5, 0.6) is 5.75 Å². The lowest BCUT2D eigenvalue weighted by Gasteiger charge is -2.32. The maximum absolute atomic E-state index is 11.3. The van der Waals surface area contributed by atoms with Gasteiger partial charge in [-0.3, -0.25) is 4.79 Å². The molecule has 1 saturated heterocycles. The molecule has 122 valence electrons. The summed E-state index contributed by atoms with van der Waals surface area (Å²) in [5.41, 5.74) is 0. The third-order valence-electron chi connectivity index (χ3n) is 4.16. The molecular weight excluding hydrogens is 300 g/mol. The van der Waals surface area contributed by atoms with E-state index in [0.29, 0.717) is 11.1 Å². The molecule has 0 saturated carbocycles. The summed E-state index contributed by atoms with van der Waals surface area (Å²) in [5, 5.41) is 4.21. The summed E-state index contributed by atoms with van der Waals surface area (Å²) < 4.78 is 5.99. The third-order valence-corrected chi connectivity index (χ3v) is 4.47. The van der Waals surface area contributed by atoms with Gasteiger partial charge in [0.25, 0.3) is 0 Å². The lowest BCUT2D eigenvalue weighted by atomic mass is 10.0. The molecule has 0 radical (unpaired) electrons. The number of amides is 1. The molecule has 2 rings (SSSR count). The average molecular weight is 325 g/mol. The molecule has 1 aliphatic rings. The van der Waals surface area contributed by atoms with Crippen molar-refractivity contribution >= 4 is 17.5 Å². The number of benzene rings is 1. The van der Waals surface area contributed by atoms with Gasteiger partial charge in [0.1, 0.15) is 11.9 Å². The molecule has 4 nitrogen and oxygen atoms in total. The van der Waals surface area contributed by atoms with Crippen LogP contribution in [-0.2, 0) is 4.79 Å². The van der Waals surface area contributed by atoms with Gasteiger partial charge in [0.15, 0.2) is 0 Å². The smallest absolute Gasteiger partial charge is 0.219 e. The number of ether oxygens (including phenoxy) is 1. The zero-order chi connectivity index (χ0) is 15.9. The van der Waals surface area contributed by atoms with Crippen molar-refractivity contribution < 1.29 is 9.53 Å². The van der Waals surface area contributed by atoms with Gasteiger partial charge in [-0.15, -0.1) is 0 Å². The van der Waals surface area contributed by atoms with E-state index in [4.69, 9.17) is 16.3 Å². The predicted molar refractivity (Wildman–Crippen MR) is 89.4 cm³/mol. The van der Waals surface area contributed by atoms with E-state index in [1.807, 2.05) is 29.2 Å². The first-order chi connectivity index (χ1) is 10.6. The molecular formula is C17H25ClN2O2. The van der Waals surface area contributed by atoms with Crippen LogP contribution in [0.3, 0.4) is 0 Å². The summed E-state index contributed by atoms with van der Waals surface area (Å²) in [6, 6.07) is 8.03. The highest BCUT2D eigenvalue weighted by Crippen LogP contribution is 2.24. The largest absolute Gasteiger partial charge is 0.488 e. The number of halogens is 1. The minimum atomic E-state index is 0.103. The number of hydrogen-bond acceptors (Lipinski definition) is 3. The minimum Gasteiger partial charge on any atom is -0.488 e. The van der Waals surface area contributed by atoms with Crippen LogP contribution in [0.15, 0.2) is 24.3 Å². The Morgan fingerprint density at radius 1 is 1.41 bits per heavy atom. The second kappa shape index (κ2) is 8.39. The quantitative estimate of drug-likeness (QED) is 0.874. The molecule has 1 N–H and O–H groups in total. The van der Waals surface area contributed by atoms with E-state index in [-0.39, 0.29) is 12.0 Å². The van der Waals surface area contributed by atoms with Crippen molar-refractivity contribution in [2.45, 2.75) is 45.3 Å². The number of para-hydroxylation sites is 1. The van der Waals surface area contributed by atoms with Gasteiger partial charge in [0.2, 0.25) is 5.91 Å². The highest BCUT2D eigenvalue weighted by atomic mass is 35.5. The van der Waals surface area contributed by atoms with Gasteiger partial charge in [-0.25, -0.2) is 0 Å². The maximum atomic E-state index is 11.3. The molecule has 1 aliphatic heterocycles. The lowest BCUT2D eigenvalue weighted by Crippen LogP contribution is -2.46. The topological polar surface area (TPSA) is 41.6 Å². The first kappa shape index (κ1) is 17.1. The Labute approximate surface area is 137 Å². The lowest BCUT2D eigenvalue weighted by molar-refractivity contribution is -0.129. The summed E-state index contributed by atoms with van der Waals surface area (Å²) in [5.74, 6) is 0.913. The van der Waals surface area contributed by atoms with Crippen LogP contribution >= 0.6 is 11.6 Å². The molecule has 1 heterocycles. The third kappa shape index (κ3) is 4.89. The van der Waals surface area contributed by atoms with Gasteiger partial charge in [0, 0.05) is 32.6 Å². The first-order valence-corrected chi connectivity index (χ1v) is 8.38. The van der Waals surface area contributed by atoms with Crippen molar-refractivity contribution in [2.24, 2.45) is 0 Å². The van der Waals surface area contributed by atoms with Crippen LogP contribution in [0.1, 0.15) is 33.1 Å². The Hall–Kier alpha value is -1.26. The fourth-order valence-corrected chi connectivity index (χ4v) is 2.87. The summed E-state index contributed by atoms with van der Waals surface area (Å²) in [6.45, 7) is 6.23. The molecule has 1 amide bonds. The van der Waals surface area contributed by atoms with Crippen LogP contribution in [0.25, 0.3) is 0 Å². The van der Waals surface area contributed by atoms with E-state index >= 15 is 0 Å². The highest BCUT2D eigenvalue weighted by molar-refractivity contribution is 6.32. The number of carbonyl (C=O) groups excluding carboxylic acids is 1. The Morgan fingerprint density at radius 2 is 2.09 bits per heavy atom. The van der Waals surface area contributed by atoms with Crippen LogP contribution in [0.4, 0.5) is 0 Å². The van der Waals surface area contributed by atoms with Gasteiger partial charge in [-0.05, 0) is 31.4 Å². The molecule has 1 fully saturated rings. The van der Waals surface area contributed by atoms with Gasteiger partial charge in [-0.1, -0.05) is 30.7 Å². The summed E-state index contributed by atoms with van der Waals surface area (Å²) in [6.07, 6.45) is 3.03.